The second-order valence-corrected chi connectivity index (χ2v) is 6.38. The maximum Gasteiger partial charge on any atom is 0.119 e. The van der Waals surface area contributed by atoms with Crippen LogP contribution in [-0.4, -0.2) is 25.8 Å². The highest BCUT2D eigenvalue weighted by atomic mass is 79.9. The van der Waals surface area contributed by atoms with Crippen molar-refractivity contribution in [1.29, 1.82) is 0 Å². The van der Waals surface area contributed by atoms with E-state index < -0.39 is 0 Å². The number of morpholine rings is 1. The third kappa shape index (κ3) is 4.57. The van der Waals surface area contributed by atoms with Crippen LogP contribution in [0.15, 0.2) is 53.0 Å². The van der Waals surface area contributed by atoms with Crippen LogP contribution < -0.4 is 10.1 Å². The molecular weight excluding hydrogens is 342 g/mol. The van der Waals surface area contributed by atoms with Gasteiger partial charge in [-0.3, -0.25) is 0 Å². The fourth-order valence-corrected chi connectivity index (χ4v) is 2.98. The van der Waals surface area contributed by atoms with Gasteiger partial charge in [0.25, 0.3) is 0 Å². The highest BCUT2D eigenvalue weighted by molar-refractivity contribution is 9.10. The number of hydrogen-bond donors (Lipinski definition) is 1. The molecule has 2 aromatic carbocycles. The molecule has 22 heavy (non-hydrogen) atoms. The molecule has 0 bridgehead atoms. The van der Waals surface area contributed by atoms with Gasteiger partial charge < -0.3 is 14.8 Å². The Kier molecular flexibility index (Phi) is 5.48. The van der Waals surface area contributed by atoms with Crippen LogP contribution in [0, 0.1) is 0 Å². The van der Waals surface area contributed by atoms with E-state index in [0.717, 1.165) is 41.9 Å². The van der Waals surface area contributed by atoms with Crippen molar-refractivity contribution in [3.8, 4) is 5.75 Å². The molecule has 0 radical (unpaired) electrons. The van der Waals surface area contributed by atoms with Gasteiger partial charge in [0.05, 0.1) is 12.7 Å². The van der Waals surface area contributed by atoms with Gasteiger partial charge in [0.15, 0.2) is 0 Å². The minimum absolute atomic E-state index is 0.280. The molecule has 1 unspecified atom stereocenters. The largest absolute Gasteiger partial charge is 0.489 e. The summed E-state index contributed by atoms with van der Waals surface area (Å²) in [6.45, 7) is 3.27. The van der Waals surface area contributed by atoms with Crippen molar-refractivity contribution in [3.63, 3.8) is 0 Å². The molecule has 0 spiro atoms. The summed E-state index contributed by atoms with van der Waals surface area (Å²) in [5.74, 6) is 0.895. The van der Waals surface area contributed by atoms with Crippen molar-refractivity contribution < 1.29 is 9.47 Å². The molecule has 1 heterocycles. The van der Waals surface area contributed by atoms with E-state index in [4.69, 9.17) is 9.47 Å². The van der Waals surface area contributed by atoms with Gasteiger partial charge in [0.1, 0.15) is 12.4 Å². The lowest BCUT2D eigenvalue weighted by molar-refractivity contribution is 0.0292. The van der Waals surface area contributed by atoms with Gasteiger partial charge >= 0.3 is 0 Å². The van der Waals surface area contributed by atoms with E-state index in [1.54, 1.807) is 0 Å². The minimum Gasteiger partial charge on any atom is -0.489 e. The number of nitrogens with one attached hydrogen (secondary N) is 1. The molecule has 2 aromatic rings. The molecule has 0 saturated carbocycles. The molecule has 1 N–H and O–H groups in total. The Morgan fingerprint density at radius 3 is 2.73 bits per heavy atom. The van der Waals surface area contributed by atoms with Crippen LogP contribution in [0.1, 0.15) is 11.1 Å². The molecular formula is C18H20BrNO2. The zero-order valence-corrected chi connectivity index (χ0v) is 14.0. The average molecular weight is 362 g/mol. The lowest BCUT2D eigenvalue weighted by atomic mass is 10.1. The zero-order chi connectivity index (χ0) is 15.2. The molecule has 1 saturated heterocycles. The van der Waals surface area contributed by atoms with E-state index in [1.807, 2.05) is 24.3 Å². The molecule has 3 nitrogen and oxygen atoms in total. The van der Waals surface area contributed by atoms with Gasteiger partial charge in [-0.1, -0.05) is 40.2 Å². The first-order chi connectivity index (χ1) is 10.8. The molecule has 0 aliphatic carbocycles. The third-order valence-corrected chi connectivity index (χ3v) is 4.18. The van der Waals surface area contributed by atoms with E-state index in [9.17, 15) is 0 Å². The second-order valence-electron chi connectivity index (χ2n) is 5.46. The zero-order valence-electron chi connectivity index (χ0n) is 12.4. The van der Waals surface area contributed by atoms with E-state index in [1.165, 1.54) is 5.56 Å². The van der Waals surface area contributed by atoms with Crippen molar-refractivity contribution in [2.24, 2.45) is 0 Å². The first-order valence-electron chi connectivity index (χ1n) is 7.58. The van der Waals surface area contributed by atoms with Gasteiger partial charge in [-0.05, 0) is 41.8 Å². The van der Waals surface area contributed by atoms with Crippen molar-refractivity contribution in [2.75, 3.05) is 19.7 Å². The smallest absolute Gasteiger partial charge is 0.119 e. The van der Waals surface area contributed by atoms with E-state index >= 15 is 0 Å². The van der Waals surface area contributed by atoms with Gasteiger partial charge in [0, 0.05) is 17.6 Å². The summed E-state index contributed by atoms with van der Waals surface area (Å²) in [6.07, 6.45) is 1.22. The van der Waals surface area contributed by atoms with Crippen molar-refractivity contribution in [1.82, 2.24) is 5.32 Å². The Morgan fingerprint density at radius 2 is 2.00 bits per heavy atom. The predicted octanol–water partition coefficient (Wildman–Crippen LogP) is 3.56. The van der Waals surface area contributed by atoms with E-state index in [2.05, 4.69) is 45.5 Å². The Hall–Kier alpha value is -1.36. The number of halogens is 1. The number of rotatable bonds is 5. The maximum atomic E-state index is 5.83. The van der Waals surface area contributed by atoms with Gasteiger partial charge in [-0.2, -0.15) is 0 Å². The Morgan fingerprint density at radius 1 is 1.14 bits per heavy atom. The lowest BCUT2D eigenvalue weighted by Gasteiger charge is -2.23. The molecule has 116 valence electrons. The monoisotopic (exact) mass is 361 g/mol. The Balaban J connectivity index is 1.52. The Bertz CT molecular complexity index is 594. The molecule has 1 atom stereocenters. The summed E-state index contributed by atoms with van der Waals surface area (Å²) in [6, 6.07) is 16.5. The first kappa shape index (κ1) is 15.5. The summed E-state index contributed by atoms with van der Waals surface area (Å²) in [7, 11) is 0. The molecule has 3 rings (SSSR count). The van der Waals surface area contributed by atoms with Crippen LogP contribution in [0.3, 0.4) is 0 Å². The van der Waals surface area contributed by atoms with Gasteiger partial charge in [0.2, 0.25) is 0 Å². The fourth-order valence-electron chi connectivity index (χ4n) is 2.53. The third-order valence-electron chi connectivity index (χ3n) is 3.69. The number of benzene rings is 2. The molecule has 4 heteroatoms. The molecule has 1 aliphatic heterocycles. The highest BCUT2D eigenvalue weighted by Crippen LogP contribution is 2.17. The number of ether oxygens (including phenoxy) is 2. The van der Waals surface area contributed by atoms with Crippen molar-refractivity contribution in [2.45, 2.75) is 19.1 Å². The van der Waals surface area contributed by atoms with Crippen LogP contribution in [0.5, 0.6) is 5.75 Å². The highest BCUT2D eigenvalue weighted by Gasteiger charge is 2.13. The normalized spacial score (nSPS) is 18.1. The molecule has 1 aliphatic rings. The quantitative estimate of drug-likeness (QED) is 0.882. The minimum atomic E-state index is 0.280. The van der Waals surface area contributed by atoms with Crippen LogP contribution in [0.2, 0.25) is 0 Å². The molecule has 0 amide bonds. The van der Waals surface area contributed by atoms with E-state index in [0.29, 0.717) is 6.61 Å². The van der Waals surface area contributed by atoms with Crippen LogP contribution in [0.4, 0.5) is 0 Å². The van der Waals surface area contributed by atoms with Crippen LogP contribution in [0.25, 0.3) is 0 Å². The van der Waals surface area contributed by atoms with Crippen molar-refractivity contribution >= 4 is 15.9 Å². The van der Waals surface area contributed by atoms with Gasteiger partial charge in [-0.25, -0.2) is 0 Å². The second kappa shape index (κ2) is 7.77. The van der Waals surface area contributed by atoms with Gasteiger partial charge in [-0.15, -0.1) is 0 Å². The molecule has 1 fully saturated rings. The number of hydrogen-bond acceptors (Lipinski definition) is 3. The van der Waals surface area contributed by atoms with Crippen LogP contribution >= 0.6 is 15.9 Å². The topological polar surface area (TPSA) is 30.5 Å². The van der Waals surface area contributed by atoms with Crippen LogP contribution in [-0.2, 0) is 17.8 Å². The summed E-state index contributed by atoms with van der Waals surface area (Å²) in [5.41, 5.74) is 2.43. The molecule has 0 aromatic heterocycles. The lowest BCUT2D eigenvalue weighted by Crippen LogP contribution is -2.39. The van der Waals surface area contributed by atoms with Crippen molar-refractivity contribution in [3.05, 3.63) is 64.1 Å². The predicted molar refractivity (Wildman–Crippen MR) is 91.2 cm³/mol. The Labute approximate surface area is 139 Å². The summed E-state index contributed by atoms with van der Waals surface area (Å²) < 4.78 is 12.6. The first-order valence-corrected chi connectivity index (χ1v) is 8.37. The average Bonchev–Trinajstić information content (AvgIpc) is 2.55. The standard InChI is InChI=1S/C18H20BrNO2/c19-16-3-1-2-15(10-16)13-22-17-6-4-14(5-7-17)11-18-12-20-8-9-21-18/h1-7,10,18,20H,8-9,11-13H2. The SMILES string of the molecule is Brc1cccc(COc2ccc(CC3CNCCO3)cc2)c1. The van der Waals surface area contributed by atoms with E-state index in [-0.39, 0.29) is 6.10 Å². The maximum absolute atomic E-state index is 5.83. The summed E-state index contributed by atoms with van der Waals surface area (Å²) in [4.78, 5) is 0. The summed E-state index contributed by atoms with van der Waals surface area (Å²) in [5, 5.41) is 3.36. The summed E-state index contributed by atoms with van der Waals surface area (Å²) >= 11 is 3.47. The fraction of sp³-hybridized carbons (Fsp3) is 0.333.